The van der Waals surface area contributed by atoms with Gasteiger partial charge in [-0.05, 0) is 37.6 Å². The molecule has 0 aliphatic carbocycles. The van der Waals surface area contributed by atoms with Crippen LogP contribution in [0.4, 0.5) is 10.5 Å². The van der Waals surface area contributed by atoms with Gasteiger partial charge in [0.1, 0.15) is 5.88 Å². The van der Waals surface area contributed by atoms with Crippen molar-refractivity contribution in [2.75, 3.05) is 11.2 Å². The number of urea groups is 1. The first-order valence-electron chi connectivity index (χ1n) is 6.78. The summed E-state index contributed by atoms with van der Waals surface area (Å²) in [5.74, 6) is -0.449. The fourth-order valence-corrected chi connectivity index (χ4v) is 3.38. The average Bonchev–Trinajstić information content (AvgIpc) is 2.46. The van der Waals surface area contributed by atoms with E-state index >= 15 is 0 Å². The van der Waals surface area contributed by atoms with Crippen molar-refractivity contribution in [1.82, 2.24) is 5.32 Å². The number of nitrogens with one attached hydrogen (secondary N) is 2. The molecule has 116 valence electrons. The smallest absolute Gasteiger partial charge is 0.320 e. The molecule has 0 heterocycles. The Kier molecular flexibility index (Phi) is 4.82. The van der Waals surface area contributed by atoms with E-state index in [0.29, 0.717) is 11.3 Å². The zero-order valence-corrected chi connectivity index (χ0v) is 13.3. The second kappa shape index (κ2) is 6.62. The number of benzene rings is 2. The maximum atomic E-state index is 12.3. The van der Waals surface area contributed by atoms with Gasteiger partial charge in [0.2, 0.25) is 0 Å². The fourth-order valence-electron chi connectivity index (χ4n) is 2.08. The van der Waals surface area contributed by atoms with E-state index in [0.717, 1.165) is 5.56 Å². The molecule has 0 aromatic heterocycles. The van der Waals surface area contributed by atoms with Gasteiger partial charge in [-0.25, -0.2) is 13.2 Å². The second-order valence-electron chi connectivity index (χ2n) is 5.02. The molecular formula is C16H18N2O3S. The highest BCUT2D eigenvalue weighted by Crippen LogP contribution is 2.17. The number of carbonyl (C=O) groups excluding carboxylic acids is 1. The molecule has 0 unspecified atom stereocenters. The van der Waals surface area contributed by atoms with Crippen molar-refractivity contribution >= 4 is 21.6 Å². The molecule has 2 rings (SSSR count). The molecule has 0 spiro atoms. The molecule has 2 aromatic rings. The van der Waals surface area contributed by atoms with Gasteiger partial charge in [0.25, 0.3) is 0 Å². The van der Waals surface area contributed by atoms with Crippen LogP contribution in [0.3, 0.4) is 0 Å². The second-order valence-corrected chi connectivity index (χ2v) is 6.98. The third-order valence-corrected chi connectivity index (χ3v) is 4.77. The van der Waals surface area contributed by atoms with E-state index in [-0.39, 0.29) is 4.90 Å². The molecule has 0 aliphatic rings. The van der Waals surface area contributed by atoms with E-state index in [9.17, 15) is 13.2 Å². The van der Waals surface area contributed by atoms with Crippen LogP contribution in [-0.2, 0) is 9.84 Å². The maximum Gasteiger partial charge on any atom is 0.320 e. The first-order valence-corrected chi connectivity index (χ1v) is 8.43. The Labute approximate surface area is 130 Å². The van der Waals surface area contributed by atoms with Crippen LogP contribution in [0.1, 0.15) is 11.1 Å². The van der Waals surface area contributed by atoms with E-state index in [1.54, 1.807) is 49.4 Å². The molecule has 0 saturated carbocycles. The van der Waals surface area contributed by atoms with Gasteiger partial charge >= 0.3 is 6.03 Å². The van der Waals surface area contributed by atoms with E-state index < -0.39 is 21.7 Å². The summed E-state index contributed by atoms with van der Waals surface area (Å²) in [6.45, 7) is 3.64. The van der Waals surface area contributed by atoms with Crippen molar-refractivity contribution in [1.29, 1.82) is 0 Å². The van der Waals surface area contributed by atoms with Crippen molar-refractivity contribution in [3.8, 4) is 0 Å². The molecule has 2 N–H and O–H groups in total. The van der Waals surface area contributed by atoms with Gasteiger partial charge in [0.15, 0.2) is 9.84 Å². The first-order chi connectivity index (χ1) is 10.4. The Bertz CT molecular complexity index is 771. The molecule has 0 bridgehead atoms. The van der Waals surface area contributed by atoms with E-state index in [2.05, 4.69) is 10.6 Å². The van der Waals surface area contributed by atoms with Crippen LogP contribution in [0, 0.1) is 13.8 Å². The minimum Gasteiger partial charge on any atom is -0.323 e. The summed E-state index contributed by atoms with van der Waals surface area (Å²) < 4.78 is 24.6. The number of anilines is 1. The molecule has 2 amide bonds. The van der Waals surface area contributed by atoms with Gasteiger partial charge in [-0.1, -0.05) is 35.9 Å². The van der Waals surface area contributed by atoms with Crippen molar-refractivity contribution in [3.63, 3.8) is 0 Å². The fraction of sp³-hybridized carbons (Fsp3) is 0.188. The summed E-state index contributed by atoms with van der Waals surface area (Å²) in [6, 6.07) is 13.4. The van der Waals surface area contributed by atoms with Crippen LogP contribution in [0.15, 0.2) is 53.4 Å². The minimum atomic E-state index is -3.57. The summed E-state index contributed by atoms with van der Waals surface area (Å²) in [4.78, 5) is 12.0. The summed E-state index contributed by atoms with van der Waals surface area (Å²) >= 11 is 0. The highest BCUT2D eigenvalue weighted by molar-refractivity contribution is 7.91. The zero-order valence-electron chi connectivity index (χ0n) is 12.5. The number of amides is 2. The molecule has 0 aliphatic heterocycles. The molecule has 0 atom stereocenters. The summed E-state index contributed by atoms with van der Waals surface area (Å²) in [5.41, 5.74) is 2.26. The highest BCUT2D eigenvalue weighted by atomic mass is 32.2. The normalized spacial score (nSPS) is 11.0. The summed E-state index contributed by atoms with van der Waals surface area (Å²) in [7, 11) is -3.57. The average molecular weight is 318 g/mol. The number of aryl methyl sites for hydroxylation is 2. The lowest BCUT2D eigenvalue weighted by Crippen LogP contribution is -2.33. The van der Waals surface area contributed by atoms with E-state index in [1.807, 2.05) is 13.0 Å². The summed E-state index contributed by atoms with van der Waals surface area (Å²) in [5, 5.41) is 4.95. The number of para-hydroxylation sites is 1. The lowest BCUT2D eigenvalue weighted by Gasteiger charge is -2.10. The molecule has 6 heteroatoms. The van der Waals surface area contributed by atoms with Crippen LogP contribution in [0.25, 0.3) is 0 Å². The van der Waals surface area contributed by atoms with Gasteiger partial charge < -0.3 is 10.6 Å². The maximum absolute atomic E-state index is 12.3. The molecule has 22 heavy (non-hydrogen) atoms. The van der Waals surface area contributed by atoms with Gasteiger partial charge in [-0.2, -0.15) is 0 Å². The largest absolute Gasteiger partial charge is 0.323 e. The molecular weight excluding hydrogens is 300 g/mol. The van der Waals surface area contributed by atoms with Crippen molar-refractivity contribution in [2.24, 2.45) is 0 Å². The zero-order chi connectivity index (χ0) is 16.2. The van der Waals surface area contributed by atoms with Gasteiger partial charge in [-0.3, -0.25) is 0 Å². The van der Waals surface area contributed by atoms with Gasteiger partial charge in [0.05, 0.1) is 4.90 Å². The van der Waals surface area contributed by atoms with Crippen LogP contribution in [0.5, 0.6) is 0 Å². The predicted molar refractivity (Wildman–Crippen MR) is 86.6 cm³/mol. The van der Waals surface area contributed by atoms with E-state index in [4.69, 9.17) is 0 Å². The Morgan fingerprint density at radius 3 is 2.36 bits per heavy atom. The van der Waals surface area contributed by atoms with Crippen molar-refractivity contribution in [3.05, 3.63) is 59.7 Å². The van der Waals surface area contributed by atoms with Gasteiger partial charge in [-0.15, -0.1) is 0 Å². The Balaban J connectivity index is 2.02. The molecule has 0 fully saturated rings. The number of hydrogen-bond acceptors (Lipinski definition) is 3. The van der Waals surface area contributed by atoms with Crippen molar-refractivity contribution in [2.45, 2.75) is 18.7 Å². The number of rotatable bonds is 4. The third-order valence-electron chi connectivity index (χ3n) is 3.12. The minimum absolute atomic E-state index is 0.234. The van der Waals surface area contributed by atoms with Gasteiger partial charge in [0, 0.05) is 5.69 Å². The monoisotopic (exact) mass is 318 g/mol. The number of hydrogen-bond donors (Lipinski definition) is 2. The summed E-state index contributed by atoms with van der Waals surface area (Å²) in [6.07, 6.45) is 0. The predicted octanol–water partition coefficient (Wildman–Crippen LogP) is 2.86. The van der Waals surface area contributed by atoms with Crippen LogP contribution < -0.4 is 10.6 Å². The lowest BCUT2D eigenvalue weighted by atomic mass is 10.2. The topological polar surface area (TPSA) is 75.3 Å². The van der Waals surface area contributed by atoms with Crippen molar-refractivity contribution < 1.29 is 13.2 Å². The Hall–Kier alpha value is -2.34. The Morgan fingerprint density at radius 1 is 1.05 bits per heavy atom. The molecule has 2 aromatic carbocycles. The van der Waals surface area contributed by atoms with Crippen LogP contribution in [0.2, 0.25) is 0 Å². The molecule has 5 nitrogen and oxygen atoms in total. The van der Waals surface area contributed by atoms with Crippen LogP contribution >= 0.6 is 0 Å². The van der Waals surface area contributed by atoms with Crippen LogP contribution in [-0.4, -0.2) is 20.3 Å². The molecule has 0 radical (unpaired) electrons. The number of sulfone groups is 1. The third kappa shape index (κ3) is 4.08. The molecule has 0 saturated heterocycles. The Morgan fingerprint density at radius 2 is 1.73 bits per heavy atom. The highest BCUT2D eigenvalue weighted by Gasteiger charge is 2.18. The number of carbonyl (C=O) groups is 1. The quantitative estimate of drug-likeness (QED) is 0.910. The lowest BCUT2D eigenvalue weighted by molar-refractivity contribution is 0.253. The van der Waals surface area contributed by atoms with E-state index in [1.165, 1.54) is 0 Å². The first kappa shape index (κ1) is 16.0. The SMILES string of the molecule is Cc1ccc(S(=O)(=O)CNC(=O)Nc2ccccc2)c(C)c1. The standard InChI is InChI=1S/C16H18N2O3S/c1-12-8-9-15(13(2)10-12)22(20,21)11-17-16(19)18-14-6-4-3-5-7-14/h3-10H,11H2,1-2H3,(H2,17,18,19).